The Balaban J connectivity index is 1.47. The molecule has 0 amide bonds. The summed E-state index contributed by atoms with van der Waals surface area (Å²) in [5, 5.41) is 0. The summed E-state index contributed by atoms with van der Waals surface area (Å²) in [6, 6.07) is 0. The van der Waals surface area contributed by atoms with Crippen molar-refractivity contribution in [2.24, 2.45) is 0 Å². The fourth-order valence-corrected chi connectivity index (χ4v) is 1.05. The van der Waals surface area contributed by atoms with E-state index >= 15 is 0 Å². The molecule has 0 aromatic carbocycles. The summed E-state index contributed by atoms with van der Waals surface area (Å²) in [5.41, 5.74) is 0. The number of carbonyl (C=O) groups excluding carboxylic acids is 2. The van der Waals surface area contributed by atoms with Crippen LogP contribution in [-0.4, -0.2) is 50.6 Å². The molecule has 0 aliphatic carbocycles. The standard InChI is InChI=1S/C10H14O6/c11-9(15-5-7-3-13-7)1-2-10(12)16-6-8-4-14-8/h7-8H,1-6H2/t7-,8-/m0/s1. The van der Waals surface area contributed by atoms with Crippen LogP contribution in [0, 0.1) is 0 Å². The van der Waals surface area contributed by atoms with Crippen LogP contribution in [0.3, 0.4) is 0 Å². The molecule has 2 heterocycles. The highest BCUT2D eigenvalue weighted by atomic mass is 16.6. The maximum Gasteiger partial charge on any atom is 0.306 e. The van der Waals surface area contributed by atoms with Crippen molar-refractivity contribution in [2.75, 3.05) is 26.4 Å². The van der Waals surface area contributed by atoms with Gasteiger partial charge >= 0.3 is 11.9 Å². The third-order valence-electron chi connectivity index (χ3n) is 2.20. The van der Waals surface area contributed by atoms with Crippen molar-refractivity contribution in [3.63, 3.8) is 0 Å². The molecule has 0 spiro atoms. The second kappa shape index (κ2) is 5.27. The molecule has 2 fully saturated rings. The van der Waals surface area contributed by atoms with Crippen LogP contribution in [0.1, 0.15) is 12.8 Å². The van der Waals surface area contributed by atoms with Gasteiger partial charge in [0.05, 0.1) is 26.1 Å². The molecule has 2 atom stereocenters. The van der Waals surface area contributed by atoms with E-state index in [1.54, 1.807) is 0 Å². The van der Waals surface area contributed by atoms with Crippen LogP contribution in [0.25, 0.3) is 0 Å². The van der Waals surface area contributed by atoms with Crippen molar-refractivity contribution in [2.45, 2.75) is 25.0 Å². The van der Waals surface area contributed by atoms with Crippen molar-refractivity contribution < 1.29 is 28.5 Å². The summed E-state index contributed by atoms with van der Waals surface area (Å²) in [7, 11) is 0. The highest BCUT2D eigenvalue weighted by Gasteiger charge is 2.25. The van der Waals surface area contributed by atoms with E-state index in [0.29, 0.717) is 13.2 Å². The van der Waals surface area contributed by atoms with Gasteiger partial charge in [-0.25, -0.2) is 0 Å². The summed E-state index contributed by atoms with van der Waals surface area (Å²) in [5.74, 6) is -0.787. The molecule has 0 radical (unpaired) electrons. The molecular formula is C10H14O6. The fourth-order valence-electron chi connectivity index (χ4n) is 1.05. The molecule has 0 aromatic heterocycles. The van der Waals surface area contributed by atoms with Crippen molar-refractivity contribution in [1.82, 2.24) is 0 Å². The molecule has 16 heavy (non-hydrogen) atoms. The Hall–Kier alpha value is -1.14. The van der Waals surface area contributed by atoms with Crippen molar-refractivity contribution in [1.29, 1.82) is 0 Å². The molecule has 0 saturated carbocycles. The highest BCUT2D eigenvalue weighted by molar-refractivity contribution is 5.77. The first-order chi connectivity index (χ1) is 7.74. The average Bonchev–Trinajstić information content (AvgIpc) is 3.15. The lowest BCUT2D eigenvalue weighted by atomic mass is 10.3. The molecule has 0 N–H and O–H groups in total. The Morgan fingerprint density at radius 2 is 1.31 bits per heavy atom. The van der Waals surface area contributed by atoms with Gasteiger partial charge in [-0.15, -0.1) is 0 Å². The lowest BCUT2D eigenvalue weighted by molar-refractivity contribution is -0.150. The predicted molar refractivity (Wildman–Crippen MR) is 50.6 cm³/mol. The maximum absolute atomic E-state index is 11.1. The molecule has 2 saturated heterocycles. The molecule has 90 valence electrons. The van der Waals surface area contributed by atoms with E-state index in [2.05, 4.69) is 0 Å². The van der Waals surface area contributed by atoms with Crippen LogP contribution in [0.15, 0.2) is 0 Å². The van der Waals surface area contributed by atoms with E-state index in [0.717, 1.165) is 0 Å². The average molecular weight is 230 g/mol. The summed E-state index contributed by atoms with van der Waals surface area (Å²) in [6.45, 7) is 1.86. The number of epoxide rings is 2. The smallest absolute Gasteiger partial charge is 0.306 e. The number of ether oxygens (including phenoxy) is 4. The number of hydrogen-bond acceptors (Lipinski definition) is 6. The van der Waals surface area contributed by atoms with Gasteiger partial charge in [-0.05, 0) is 0 Å². The Morgan fingerprint density at radius 1 is 0.938 bits per heavy atom. The molecule has 0 bridgehead atoms. The molecule has 6 heteroatoms. The zero-order valence-electron chi connectivity index (χ0n) is 8.85. The first kappa shape index (κ1) is 11.3. The Labute approximate surface area is 92.8 Å². The largest absolute Gasteiger partial charge is 0.463 e. The molecule has 2 aliphatic rings. The van der Waals surface area contributed by atoms with E-state index in [-0.39, 0.29) is 38.3 Å². The first-order valence-electron chi connectivity index (χ1n) is 5.28. The highest BCUT2D eigenvalue weighted by Crippen LogP contribution is 2.10. The van der Waals surface area contributed by atoms with Crippen molar-refractivity contribution >= 4 is 11.9 Å². The zero-order valence-corrected chi connectivity index (χ0v) is 8.85. The van der Waals surface area contributed by atoms with Crippen LogP contribution >= 0.6 is 0 Å². The van der Waals surface area contributed by atoms with Gasteiger partial charge in [0, 0.05) is 0 Å². The fraction of sp³-hybridized carbons (Fsp3) is 0.800. The maximum atomic E-state index is 11.1. The quantitative estimate of drug-likeness (QED) is 0.439. The second-order valence-corrected chi connectivity index (χ2v) is 3.78. The minimum Gasteiger partial charge on any atom is -0.463 e. The number of rotatable bonds is 7. The molecule has 2 rings (SSSR count). The van der Waals surface area contributed by atoms with E-state index in [4.69, 9.17) is 18.9 Å². The molecule has 0 aromatic rings. The van der Waals surface area contributed by atoms with Crippen LogP contribution in [0.2, 0.25) is 0 Å². The number of esters is 2. The second-order valence-electron chi connectivity index (χ2n) is 3.78. The third-order valence-corrected chi connectivity index (χ3v) is 2.20. The minimum absolute atomic E-state index is 0.0527. The summed E-state index contributed by atoms with van der Waals surface area (Å²) in [6.07, 6.45) is 0.222. The Morgan fingerprint density at radius 3 is 1.62 bits per heavy atom. The first-order valence-corrected chi connectivity index (χ1v) is 5.28. The lowest BCUT2D eigenvalue weighted by Gasteiger charge is -2.03. The van der Waals surface area contributed by atoms with Crippen LogP contribution in [0.5, 0.6) is 0 Å². The SMILES string of the molecule is O=C(CCC(=O)OC[C@@H]1CO1)OC[C@@H]1CO1. The summed E-state index contributed by atoms with van der Waals surface area (Å²) < 4.78 is 19.5. The molecule has 2 aliphatic heterocycles. The van der Waals surface area contributed by atoms with Gasteiger partial charge in [0.15, 0.2) is 0 Å². The minimum atomic E-state index is -0.393. The van der Waals surface area contributed by atoms with Gasteiger partial charge in [-0.1, -0.05) is 0 Å². The topological polar surface area (TPSA) is 77.7 Å². The normalized spacial score (nSPS) is 26.0. The molecule has 6 nitrogen and oxygen atoms in total. The van der Waals surface area contributed by atoms with E-state index in [9.17, 15) is 9.59 Å². The van der Waals surface area contributed by atoms with Gasteiger partial charge in [-0.3, -0.25) is 9.59 Å². The van der Waals surface area contributed by atoms with Crippen molar-refractivity contribution in [3.8, 4) is 0 Å². The van der Waals surface area contributed by atoms with Crippen LogP contribution in [-0.2, 0) is 28.5 Å². The zero-order chi connectivity index (χ0) is 11.4. The van der Waals surface area contributed by atoms with E-state index in [1.165, 1.54) is 0 Å². The predicted octanol–water partition coefficient (Wildman–Crippen LogP) is -0.349. The Bertz CT molecular complexity index is 240. The molecule has 0 unspecified atom stereocenters. The molecular weight excluding hydrogens is 216 g/mol. The monoisotopic (exact) mass is 230 g/mol. The third kappa shape index (κ3) is 4.59. The Kier molecular flexibility index (Phi) is 3.74. The van der Waals surface area contributed by atoms with Gasteiger partial charge in [-0.2, -0.15) is 0 Å². The summed E-state index contributed by atoms with van der Waals surface area (Å²) in [4.78, 5) is 22.2. The van der Waals surface area contributed by atoms with Crippen LogP contribution < -0.4 is 0 Å². The van der Waals surface area contributed by atoms with Gasteiger partial charge < -0.3 is 18.9 Å². The van der Waals surface area contributed by atoms with E-state index < -0.39 is 11.9 Å². The lowest BCUT2D eigenvalue weighted by Crippen LogP contribution is -2.14. The van der Waals surface area contributed by atoms with Crippen molar-refractivity contribution in [3.05, 3.63) is 0 Å². The number of carbonyl (C=O) groups is 2. The number of hydrogen-bond donors (Lipinski definition) is 0. The van der Waals surface area contributed by atoms with Gasteiger partial charge in [0.25, 0.3) is 0 Å². The van der Waals surface area contributed by atoms with Gasteiger partial charge in [0.1, 0.15) is 25.4 Å². The van der Waals surface area contributed by atoms with E-state index in [1.807, 2.05) is 0 Å². The van der Waals surface area contributed by atoms with Crippen LogP contribution in [0.4, 0.5) is 0 Å². The summed E-state index contributed by atoms with van der Waals surface area (Å²) >= 11 is 0. The van der Waals surface area contributed by atoms with Gasteiger partial charge in [0.2, 0.25) is 0 Å².